The second-order valence-electron chi connectivity index (χ2n) is 4.24. The Morgan fingerprint density at radius 2 is 2.05 bits per heavy atom. The number of aromatic nitrogens is 1. The van der Waals surface area contributed by atoms with Gasteiger partial charge in [-0.1, -0.05) is 34.1 Å². The topological polar surface area (TPSA) is 42.4 Å². The molecule has 0 radical (unpaired) electrons. The van der Waals surface area contributed by atoms with Crippen molar-refractivity contribution in [1.82, 2.24) is 4.98 Å². The van der Waals surface area contributed by atoms with Gasteiger partial charge >= 0.3 is 0 Å². The van der Waals surface area contributed by atoms with Gasteiger partial charge in [0, 0.05) is 23.3 Å². The molecule has 0 aliphatic carbocycles. The second kappa shape index (κ2) is 4.66. The highest BCUT2D eigenvalue weighted by Crippen LogP contribution is 2.37. The number of nitrogens with zero attached hydrogens (tertiary/aromatic N) is 2. The van der Waals surface area contributed by atoms with E-state index in [1.165, 1.54) is 4.90 Å². The molecule has 0 saturated heterocycles. The molecule has 1 atom stereocenters. The van der Waals surface area contributed by atoms with Gasteiger partial charge in [-0.3, -0.25) is 9.69 Å². The highest BCUT2D eigenvalue weighted by Gasteiger charge is 2.35. The zero-order valence-corrected chi connectivity index (χ0v) is 11.8. The lowest BCUT2D eigenvalue weighted by molar-refractivity contribution is -0.126. The van der Waals surface area contributed by atoms with Gasteiger partial charge < -0.3 is 4.74 Å². The minimum absolute atomic E-state index is 0.127. The summed E-state index contributed by atoms with van der Waals surface area (Å²) >= 11 is 3.45. The van der Waals surface area contributed by atoms with E-state index in [1.807, 2.05) is 30.3 Å². The molecule has 1 aliphatic rings. The minimum Gasteiger partial charge on any atom is -0.472 e. The van der Waals surface area contributed by atoms with Gasteiger partial charge in [-0.15, -0.1) is 0 Å². The minimum atomic E-state index is -0.641. The Balaban J connectivity index is 2.07. The van der Waals surface area contributed by atoms with Crippen LogP contribution in [0.25, 0.3) is 0 Å². The van der Waals surface area contributed by atoms with Crippen molar-refractivity contribution in [3.8, 4) is 5.75 Å². The molecule has 0 spiro atoms. The third-order valence-electron chi connectivity index (χ3n) is 3.06. The Morgan fingerprint density at radius 1 is 1.26 bits per heavy atom. The van der Waals surface area contributed by atoms with E-state index >= 15 is 0 Å². The van der Waals surface area contributed by atoms with Crippen LogP contribution in [0, 0.1) is 0 Å². The van der Waals surface area contributed by atoms with Crippen molar-refractivity contribution in [2.45, 2.75) is 6.10 Å². The first kappa shape index (κ1) is 12.2. The maximum Gasteiger partial charge on any atom is 0.273 e. The van der Waals surface area contributed by atoms with Crippen molar-refractivity contribution >= 4 is 27.7 Å². The summed E-state index contributed by atoms with van der Waals surface area (Å²) in [5, 5.41) is 0. The van der Waals surface area contributed by atoms with E-state index in [9.17, 15) is 4.79 Å². The third-order valence-corrected chi connectivity index (χ3v) is 3.78. The summed E-state index contributed by atoms with van der Waals surface area (Å²) in [7, 11) is 1.71. The van der Waals surface area contributed by atoms with Crippen LogP contribution in [0.1, 0.15) is 11.7 Å². The summed E-state index contributed by atoms with van der Waals surface area (Å²) in [6, 6.07) is 11.2. The van der Waals surface area contributed by atoms with Gasteiger partial charge in [0.1, 0.15) is 0 Å². The van der Waals surface area contributed by atoms with E-state index in [-0.39, 0.29) is 5.91 Å². The van der Waals surface area contributed by atoms with E-state index in [4.69, 9.17) is 4.74 Å². The van der Waals surface area contributed by atoms with Gasteiger partial charge in [0.2, 0.25) is 6.10 Å². The number of benzene rings is 1. The first-order valence-electron chi connectivity index (χ1n) is 5.82. The van der Waals surface area contributed by atoms with E-state index in [1.54, 1.807) is 19.3 Å². The van der Waals surface area contributed by atoms with Gasteiger partial charge in [-0.2, -0.15) is 0 Å². The van der Waals surface area contributed by atoms with Crippen LogP contribution in [0.4, 0.5) is 5.82 Å². The molecule has 1 aromatic carbocycles. The molecule has 0 N–H and O–H groups in total. The van der Waals surface area contributed by atoms with Gasteiger partial charge in [0.15, 0.2) is 11.6 Å². The molecular weight excluding hydrogens is 308 g/mol. The fraction of sp³-hybridized carbons (Fsp3) is 0.143. The molecule has 1 aliphatic heterocycles. The maximum atomic E-state index is 12.4. The van der Waals surface area contributed by atoms with Crippen molar-refractivity contribution in [2.24, 2.45) is 0 Å². The summed E-state index contributed by atoms with van der Waals surface area (Å²) < 4.78 is 6.65. The predicted octanol–water partition coefficient (Wildman–Crippen LogP) is 2.94. The summed E-state index contributed by atoms with van der Waals surface area (Å²) in [5.74, 6) is 1.04. The Bertz CT molecular complexity index is 645. The molecular formula is C14H11BrN2O2. The number of carbonyl (C=O) groups is 1. The zero-order chi connectivity index (χ0) is 13.4. The van der Waals surface area contributed by atoms with Crippen LogP contribution < -0.4 is 9.64 Å². The molecule has 1 aromatic heterocycles. The Morgan fingerprint density at radius 3 is 2.84 bits per heavy atom. The van der Waals surface area contributed by atoms with Gasteiger partial charge in [0.05, 0.1) is 0 Å². The van der Waals surface area contributed by atoms with Crippen LogP contribution >= 0.6 is 15.9 Å². The van der Waals surface area contributed by atoms with Crippen LogP contribution in [-0.4, -0.2) is 17.9 Å². The molecule has 5 heteroatoms. The Hall–Kier alpha value is -1.88. The average Bonchev–Trinajstić information content (AvgIpc) is 2.44. The summed E-state index contributed by atoms with van der Waals surface area (Å²) in [4.78, 5) is 18.1. The number of halogens is 1. The quantitative estimate of drug-likeness (QED) is 0.812. The predicted molar refractivity (Wildman–Crippen MR) is 75.2 cm³/mol. The first-order valence-corrected chi connectivity index (χ1v) is 6.61. The molecule has 1 amide bonds. The van der Waals surface area contributed by atoms with Gasteiger partial charge in [-0.25, -0.2) is 4.98 Å². The third kappa shape index (κ3) is 2.00. The standard InChI is InChI=1S/C14H11BrN2O2/c1-17-13-11(7-4-8-16-13)19-12(14(17)18)9-5-2-3-6-10(9)15/h2-8,12H,1H3. The number of rotatable bonds is 1. The van der Waals surface area contributed by atoms with E-state index in [0.29, 0.717) is 11.6 Å². The normalized spacial score (nSPS) is 17.9. The molecule has 0 fully saturated rings. The smallest absolute Gasteiger partial charge is 0.273 e. The van der Waals surface area contributed by atoms with Crippen LogP contribution in [0.3, 0.4) is 0 Å². The van der Waals surface area contributed by atoms with Crippen LogP contribution in [0.2, 0.25) is 0 Å². The highest BCUT2D eigenvalue weighted by molar-refractivity contribution is 9.10. The van der Waals surface area contributed by atoms with Crippen molar-refractivity contribution in [2.75, 3.05) is 11.9 Å². The number of hydrogen-bond acceptors (Lipinski definition) is 3. The number of ether oxygens (including phenoxy) is 1. The molecule has 2 heterocycles. The fourth-order valence-corrected chi connectivity index (χ4v) is 2.56. The Labute approximate surface area is 119 Å². The first-order chi connectivity index (χ1) is 9.18. The fourth-order valence-electron chi connectivity index (χ4n) is 2.07. The number of pyridine rings is 1. The van der Waals surface area contributed by atoms with Crippen LogP contribution in [-0.2, 0) is 4.79 Å². The molecule has 19 heavy (non-hydrogen) atoms. The number of carbonyl (C=O) groups excluding carboxylic acids is 1. The molecule has 2 aromatic rings. The zero-order valence-electron chi connectivity index (χ0n) is 10.2. The van der Waals surface area contributed by atoms with Crippen molar-refractivity contribution in [1.29, 1.82) is 0 Å². The molecule has 1 unspecified atom stereocenters. The number of anilines is 1. The molecule has 3 rings (SSSR count). The number of fused-ring (bicyclic) bond motifs is 1. The lowest BCUT2D eigenvalue weighted by Crippen LogP contribution is -2.39. The number of amides is 1. The molecule has 0 bridgehead atoms. The molecule has 0 saturated carbocycles. The average molecular weight is 319 g/mol. The molecule has 96 valence electrons. The second-order valence-corrected chi connectivity index (χ2v) is 5.10. The van der Waals surface area contributed by atoms with Crippen molar-refractivity contribution < 1.29 is 9.53 Å². The van der Waals surface area contributed by atoms with E-state index in [0.717, 1.165) is 10.0 Å². The lowest BCUT2D eigenvalue weighted by atomic mass is 10.1. The Kier molecular flexibility index (Phi) is 2.98. The maximum absolute atomic E-state index is 12.4. The van der Waals surface area contributed by atoms with E-state index < -0.39 is 6.10 Å². The van der Waals surface area contributed by atoms with E-state index in [2.05, 4.69) is 20.9 Å². The van der Waals surface area contributed by atoms with Crippen LogP contribution in [0.15, 0.2) is 47.1 Å². The molecule has 4 nitrogen and oxygen atoms in total. The SMILES string of the molecule is CN1C(=O)C(c2ccccc2Br)Oc2cccnc21. The summed E-state index contributed by atoms with van der Waals surface area (Å²) in [6.07, 6.45) is 1.00. The lowest BCUT2D eigenvalue weighted by Gasteiger charge is -2.31. The monoisotopic (exact) mass is 318 g/mol. The highest BCUT2D eigenvalue weighted by atomic mass is 79.9. The van der Waals surface area contributed by atoms with Gasteiger partial charge in [-0.05, 0) is 18.2 Å². The largest absolute Gasteiger partial charge is 0.472 e. The van der Waals surface area contributed by atoms with Crippen molar-refractivity contribution in [3.05, 3.63) is 52.6 Å². The van der Waals surface area contributed by atoms with Crippen molar-refractivity contribution in [3.63, 3.8) is 0 Å². The summed E-state index contributed by atoms with van der Waals surface area (Å²) in [5.41, 5.74) is 0.814. The van der Waals surface area contributed by atoms with Crippen LogP contribution in [0.5, 0.6) is 5.75 Å². The number of likely N-dealkylation sites (N-methyl/N-ethyl adjacent to an activating group) is 1. The number of hydrogen-bond donors (Lipinski definition) is 0. The van der Waals surface area contributed by atoms with Gasteiger partial charge in [0.25, 0.3) is 5.91 Å². The summed E-state index contributed by atoms with van der Waals surface area (Å²) in [6.45, 7) is 0.